The lowest BCUT2D eigenvalue weighted by Gasteiger charge is -2.31. The van der Waals surface area contributed by atoms with Crippen LogP contribution in [0, 0.1) is 5.92 Å². The maximum atomic E-state index is 12.0. The van der Waals surface area contributed by atoms with E-state index in [1.807, 2.05) is 0 Å². The molecule has 1 unspecified atom stereocenters. The molecule has 1 saturated carbocycles. The van der Waals surface area contributed by atoms with Crippen molar-refractivity contribution in [1.29, 1.82) is 0 Å². The predicted molar refractivity (Wildman–Crippen MR) is 66.3 cm³/mol. The van der Waals surface area contributed by atoms with Crippen molar-refractivity contribution in [2.75, 3.05) is 0 Å². The third kappa shape index (κ3) is 3.80. The van der Waals surface area contributed by atoms with Crippen LogP contribution in [0.1, 0.15) is 72.1 Å². The van der Waals surface area contributed by atoms with E-state index in [-0.39, 0.29) is 17.5 Å². The van der Waals surface area contributed by atoms with Crippen LogP contribution in [0.15, 0.2) is 0 Å². The summed E-state index contributed by atoms with van der Waals surface area (Å²) in [6.07, 6.45) is 8.69. The highest BCUT2D eigenvalue weighted by Crippen LogP contribution is 2.29. The SMILES string of the molecule is CCCC(C)(CC)OC(=O)C1CCCCC1. The summed E-state index contributed by atoms with van der Waals surface area (Å²) in [5.74, 6) is 0.231. The quantitative estimate of drug-likeness (QED) is 0.660. The summed E-state index contributed by atoms with van der Waals surface area (Å²) in [7, 11) is 0. The van der Waals surface area contributed by atoms with Crippen LogP contribution in [0.5, 0.6) is 0 Å². The van der Waals surface area contributed by atoms with Crippen LogP contribution < -0.4 is 0 Å². The third-order valence-corrected chi connectivity index (χ3v) is 3.81. The van der Waals surface area contributed by atoms with E-state index in [0.717, 1.165) is 32.1 Å². The highest BCUT2D eigenvalue weighted by Gasteiger charge is 2.30. The molecule has 0 bridgehead atoms. The van der Waals surface area contributed by atoms with Gasteiger partial charge in [-0.15, -0.1) is 0 Å². The molecule has 1 rings (SSSR count). The molecule has 0 N–H and O–H groups in total. The van der Waals surface area contributed by atoms with Gasteiger partial charge in [0.1, 0.15) is 5.60 Å². The Morgan fingerprint density at radius 3 is 2.38 bits per heavy atom. The van der Waals surface area contributed by atoms with Gasteiger partial charge in [-0.3, -0.25) is 4.79 Å². The lowest BCUT2D eigenvalue weighted by molar-refractivity contribution is -0.165. The van der Waals surface area contributed by atoms with E-state index < -0.39 is 0 Å². The molecule has 2 heteroatoms. The average molecular weight is 226 g/mol. The first-order valence-corrected chi connectivity index (χ1v) is 6.84. The Bertz CT molecular complexity index is 219. The van der Waals surface area contributed by atoms with Crippen LogP contribution in [-0.4, -0.2) is 11.6 Å². The van der Waals surface area contributed by atoms with Crippen molar-refractivity contribution in [3.63, 3.8) is 0 Å². The zero-order chi connectivity index (χ0) is 12.0. The van der Waals surface area contributed by atoms with Gasteiger partial charge in [-0.05, 0) is 32.6 Å². The lowest BCUT2D eigenvalue weighted by Crippen LogP contribution is -2.34. The summed E-state index contributed by atoms with van der Waals surface area (Å²) in [5, 5.41) is 0. The molecule has 0 aromatic rings. The van der Waals surface area contributed by atoms with Crippen molar-refractivity contribution in [3.05, 3.63) is 0 Å². The van der Waals surface area contributed by atoms with Crippen LogP contribution in [-0.2, 0) is 9.53 Å². The second-order valence-electron chi connectivity index (χ2n) is 5.31. The summed E-state index contributed by atoms with van der Waals surface area (Å²) in [5.41, 5.74) is -0.233. The van der Waals surface area contributed by atoms with Crippen LogP contribution >= 0.6 is 0 Å². The van der Waals surface area contributed by atoms with E-state index in [9.17, 15) is 4.79 Å². The normalized spacial score (nSPS) is 21.4. The van der Waals surface area contributed by atoms with Gasteiger partial charge >= 0.3 is 5.97 Å². The molecule has 1 atom stereocenters. The molecule has 94 valence electrons. The van der Waals surface area contributed by atoms with Gasteiger partial charge in [0, 0.05) is 0 Å². The van der Waals surface area contributed by atoms with Crippen molar-refractivity contribution in [2.24, 2.45) is 5.92 Å². The number of ether oxygens (including phenoxy) is 1. The van der Waals surface area contributed by atoms with Gasteiger partial charge in [-0.25, -0.2) is 0 Å². The summed E-state index contributed by atoms with van der Waals surface area (Å²) < 4.78 is 5.73. The molecule has 16 heavy (non-hydrogen) atoms. The van der Waals surface area contributed by atoms with E-state index in [0.29, 0.717) is 0 Å². The molecule has 0 amide bonds. The number of hydrogen-bond donors (Lipinski definition) is 0. The zero-order valence-corrected chi connectivity index (χ0v) is 11.1. The number of rotatable bonds is 5. The fourth-order valence-corrected chi connectivity index (χ4v) is 2.49. The molecular formula is C14H26O2. The Morgan fingerprint density at radius 1 is 1.25 bits per heavy atom. The maximum Gasteiger partial charge on any atom is 0.309 e. The minimum absolute atomic E-state index is 0.0532. The second-order valence-corrected chi connectivity index (χ2v) is 5.31. The second kappa shape index (κ2) is 6.27. The zero-order valence-electron chi connectivity index (χ0n) is 11.1. The monoisotopic (exact) mass is 226 g/mol. The van der Waals surface area contributed by atoms with Gasteiger partial charge in [0.15, 0.2) is 0 Å². The Morgan fingerprint density at radius 2 is 1.88 bits per heavy atom. The smallest absolute Gasteiger partial charge is 0.309 e. The molecule has 2 nitrogen and oxygen atoms in total. The number of carbonyl (C=O) groups excluding carboxylic acids is 1. The highest BCUT2D eigenvalue weighted by molar-refractivity contribution is 5.73. The molecule has 0 aromatic carbocycles. The Hall–Kier alpha value is -0.530. The van der Waals surface area contributed by atoms with Crippen LogP contribution in [0.25, 0.3) is 0 Å². The minimum atomic E-state index is -0.233. The Kier molecular flexibility index (Phi) is 5.30. The van der Waals surface area contributed by atoms with Crippen LogP contribution in [0.4, 0.5) is 0 Å². The van der Waals surface area contributed by atoms with Gasteiger partial charge in [0.2, 0.25) is 0 Å². The molecule has 0 radical (unpaired) electrons. The molecule has 0 aromatic heterocycles. The van der Waals surface area contributed by atoms with E-state index in [1.165, 1.54) is 19.3 Å². The summed E-state index contributed by atoms with van der Waals surface area (Å²) in [6, 6.07) is 0. The fourth-order valence-electron chi connectivity index (χ4n) is 2.49. The van der Waals surface area contributed by atoms with Crippen molar-refractivity contribution in [2.45, 2.75) is 77.7 Å². The standard InChI is InChI=1S/C14H26O2/c1-4-11-14(3,5-2)16-13(15)12-9-7-6-8-10-12/h12H,4-11H2,1-3H3. The molecule has 1 fully saturated rings. The number of esters is 1. The third-order valence-electron chi connectivity index (χ3n) is 3.81. The summed E-state index contributed by atoms with van der Waals surface area (Å²) in [4.78, 5) is 12.0. The van der Waals surface area contributed by atoms with Crippen LogP contribution in [0.2, 0.25) is 0 Å². The van der Waals surface area contributed by atoms with Gasteiger partial charge in [0.05, 0.1) is 5.92 Å². The average Bonchev–Trinajstić information content (AvgIpc) is 2.30. The Labute approximate surface area is 99.8 Å². The topological polar surface area (TPSA) is 26.3 Å². The van der Waals surface area contributed by atoms with Gasteiger partial charge in [-0.1, -0.05) is 39.5 Å². The first-order chi connectivity index (χ1) is 7.61. The minimum Gasteiger partial charge on any atom is -0.459 e. The Balaban J connectivity index is 2.47. The maximum absolute atomic E-state index is 12.0. The van der Waals surface area contributed by atoms with E-state index in [2.05, 4.69) is 20.8 Å². The van der Waals surface area contributed by atoms with Gasteiger partial charge in [0.25, 0.3) is 0 Å². The summed E-state index contributed by atoms with van der Waals surface area (Å²) in [6.45, 7) is 6.31. The van der Waals surface area contributed by atoms with E-state index in [1.54, 1.807) is 0 Å². The molecule has 1 aliphatic carbocycles. The van der Waals surface area contributed by atoms with Gasteiger partial charge < -0.3 is 4.74 Å². The number of hydrogen-bond acceptors (Lipinski definition) is 2. The number of carbonyl (C=O) groups is 1. The fraction of sp³-hybridized carbons (Fsp3) is 0.929. The molecule has 0 saturated heterocycles. The van der Waals surface area contributed by atoms with Crippen LogP contribution in [0.3, 0.4) is 0 Å². The molecule has 0 spiro atoms. The first-order valence-electron chi connectivity index (χ1n) is 6.84. The predicted octanol–water partition coefficient (Wildman–Crippen LogP) is 4.08. The van der Waals surface area contributed by atoms with E-state index >= 15 is 0 Å². The van der Waals surface area contributed by atoms with Crippen molar-refractivity contribution >= 4 is 5.97 Å². The van der Waals surface area contributed by atoms with Gasteiger partial charge in [-0.2, -0.15) is 0 Å². The first kappa shape index (κ1) is 13.5. The molecule has 0 heterocycles. The van der Waals surface area contributed by atoms with Crippen molar-refractivity contribution in [1.82, 2.24) is 0 Å². The summed E-state index contributed by atoms with van der Waals surface area (Å²) >= 11 is 0. The van der Waals surface area contributed by atoms with Crippen molar-refractivity contribution < 1.29 is 9.53 Å². The molecule has 0 aliphatic heterocycles. The molecule has 1 aliphatic rings. The highest BCUT2D eigenvalue weighted by atomic mass is 16.6. The lowest BCUT2D eigenvalue weighted by atomic mass is 9.89. The molecular weight excluding hydrogens is 200 g/mol. The van der Waals surface area contributed by atoms with Crippen molar-refractivity contribution in [3.8, 4) is 0 Å². The largest absolute Gasteiger partial charge is 0.459 e. The van der Waals surface area contributed by atoms with E-state index in [4.69, 9.17) is 4.74 Å².